The average molecular weight is 220 g/mol. The van der Waals surface area contributed by atoms with Crippen LogP contribution >= 0.6 is 0 Å². The molecule has 2 N–H and O–H groups in total. The van der Waals surface area contributed by atoms with E-state index in [0.717, 1.165) is 5.69 Å². The smallest absolute Gasteiger partial charge is 0.126 e. The van der Waals surface area contributed by atoms with Gasteiger partial charge in [0.25, 0.3) is 0 Å². The number of rotatable bonds is 2. The molecule has 1 aromatic carbocycles. The van der Waals surface area contributed by atoms with Gasteiger partial charge in [-0.2, -0.15) is 0 Å². The Morgan fingerprint density at radius 1 is 1.44 bits per heavy atom. The van der Waals surface area contributed by atoms with Gasteiger partial charge in [-0.25, -0.2) is 9.07 Å². The van der Waals surface area contributed by atoms with Crippen molar-refractivity contribution in [1.29, 1.82) is 0 Å². The van der Waals surface area contributed by atoms with Gasteiger partial charge in [0.2, 0.25) is 0 Å². The van der Waals surface area contributed by atoms with Gasteiger partial charge in [-0.05, 0) is 37.6 Å². The van der Waals surface area contributed by atoms with E-state index in [1.54, 1.807) is 29.9 Å². The van der Waals surface area contributed by atoms with E-state index in [0.29, 0.717) is 11.3 Å². The first-order valence-corrected chi connectivity index (χ1v) is 5.02. The summed E-state index contributed by atoms with van der Waals surface area (Å²) in [6, 6.07) is 4.63. The van der Waals surface area contributed by atoms with Crippen LogP contribution in [0.4, 0.5) is 4.39 Å². The second-order valence-corrected chi connectivity index (χ2v) is 3.81. The van der Waals surface area contributed by atoms with Crippen LogP contribution in [0.2, 0.25) is 0 Å². The van der Waals surface area contributed by atoms with Gasteiger partial charge in [-0.1, -0.05) is 5.21 Å². The third kappa shape index (κ3) is 1.94. The molecule has 84 valence electrons. The normalized spacial score (nSPS) is 12.8. The summed E-state index contributed by atoms with van der Waals surface area (Å²) in [4.78, 5) is 0. The van der Waals surface area contributed by atoms with Crippen LogP contribution in [0.1, 0.15) is 24.2 Å². The highest BCUT2D eigenvalue weighted by atomic mass is 19.1. The lowest BCUT2D eigenvalue weighted by Crippen LogP contribution is -2.04. The molecule has 4 nitrogen and oxygen atoms in total. The molecule has 0 saturated heterocycles. The quantitative estimate of drug-likeness (QED) is 0.838. The Hall–Kier alpha value is -1.75. The van der Waals surface area contributed by atoms with Crippen molar-refractivity contribution in [2.45, 2.75) is 19.9 Å². The zero-order valence-electron chi connectivity index (χ0n) is 9.18. The summed E-state index contributed by atoms with van der Waals surface area (Å²) in [5.74, 6) is -0.226. The SMILES string of the molecule is Cc1cc(-n2cc(C(C)N)nn2)ccc1F. The first-order chi connectivity index (χ1) is 7.58. The van der Waals surface area contributed by atoms with E-state index in [9.17, 15) is 4.39 Å². The summed E-state index contributed by atoms with van der Waals surface area (Å²) in [6.07, 6.45) is 1.75. The molecule has 1 heterocycles. The van der Waals surface area contributed by atoms with Crippen LogP contribution in [-0.2, 0) is 0 Å². The summed E-state index contributed by atoms with van der Waals surface area (Å²) in [7, 11) is 0. The average Bonchev–Trinajstić information content (AvgIpc) is 2.71. The molecule has 0 fully saturated rings. The van der Waals surface area contributed by atoms with Gasteiger partial charge in [-0.15, -0.1) is 5.10 Å². The van der Waals surface area contributed by atoms with E-state index < -0.39 is 0 Å². The molecule has 5 heteroatoms. The minimum atomic E-state index is -0.226. The van der Waals surface area contributed by atoms with E-state index in [1.165, 1.54) is 6.07 Å². The topological polar surface area (TPSA) is 56.7 Å². The molecule has 0 spiro atoms. The minimum Gasteiger partial charge on any atom is -0.323 e. The molecule has 0 aliphatic carbocycles. The molecule has 1 atom stereocenters. The summed E-state index contributed by atoms with van der Waals surface area (Å²) >= 11 is 0. The number of nitrogens with zero attached hydrogens (tertiary/aromatic N) is 3. The number of halogens is 1. The van der Waals surface area contributed by atoms with Crippen molar-refractivity contribution < 1.29 is 4.39 Å². The van der Waals surface area contributed by atoms with E-state index in [4.69, 9.17) is 5.73 Å². The molecule has 0 aliphatic rings. The molecule has 1 unspecified atom stereocenters. The Morgan fingerprint density at radius 3 is 2.75 bits per heavy atom. The molecule has 1 aromatic heterocycles. The third-order valence-electron chi connectivity index (χ3n) is 2.38. The van der Waals surface area contributed by atoms with Crippen molar-refractivity contribution in [2.24, 2.45) is 5.73 Å². The number of hydrogen-bond donors (Lipinski definition) is 1. The number of aromatic nitrogens is 3. The van der Waals surface area contributed by atoms with Crippen molar-refractivity contribution >= 4 is 0 Å². The molecular formula is C11H13FN4. The second-order valence-electron chi connectivity index (χ2n) is 3.81. The molecule has 2 aromatic rings. The van der Waals surface area contributed by atoms with Gasteiger partial charge in [-0.3, -0.25) is 0 Å². The Kier molecular flexibility index (Phi) is 2.70. The molecule has 0 amide bonds. The lowest BCUT2D eigenvalue weighted by atomic mass is 10.2. The van der Waals surface area contributed by atoms with Crippen molar-refractivity contribution in [3.8, 4) is 5.69 Å². The maximum Gasteiger partial charge on any atom is 0.126 e. The van der Waals surface area contributed by atoms with Gasteiger partial charge in [0.15, 0.2) is 0 Å². The molecule has 0 saturated carbocycles. The molecular weight excluding hydrogens is 207 g/mol. The van der Waals surface area contributed by atoms with Crippen LogP contribution in [0, 0.1) is 12.7 Å². The fourth-order valence-corrected chi connectivity index (χ4v) is 1.38. The Morgan fingerprint density at radius 2 is 2.19 bits per heavy atom. The highest BCUT2D eigenvalue weighted by molar-refractivity contribution is 5.35. The highest BCUT2D eigenvalue weighted by Gasteiger charge is 2.07. The van der Waals surface area contributed by atoms with E-state index in [-0.39, 0.29) is 11.9 Å². The molecule has 0 radical (unpaired) electrons. The van der Waals surface area contributed by atoms with Crippen molar-refractivity contribution in [2.75, 3.05) is 0 Å². The fourth-order valence-electron chi connectivity index (χ4n) is 1.38. The summed E-state index contributed by atoms with van der Waals surface area (Å²) in [5.41, 5.74) is 7.75. The molecule has 0 bridgehead atoms. The number of hydrogen-bond acceptors (Lipinski definition) is 3. The lowest BCUT2D eigenvalue weighted by Gasteiger charge is -2.02. The highest BCUT2D eigenvalue weighted by Crippen LogP contribution is 2.14. The molecule has 2 rings (SSSR count). The summed E-state index contributed by atoms with van der Waals surface area (Å²) in [5, 5.41) is 7.88. The van der Waals surface area contributed by atoms with Crippen LogP contribution in [0.3, 0.4) is 0 Å². The van der Waals surface area contributed by atoms with Crippen molar-refractivity contribution in [3.05, 3.63) is 41.5 Å². The standard InChI is InChI=1S/C11H13FN4/c1-7-5-9(3-4-10(7)12)16-6-11(8(2)13)14-15-16/h3-6,8H,13H2,1-2H3. The third-order valence-corrected chi connectivity index (χ3v) is 2.38. The van der Waals surface area contributed by atoms with Crippen LogP contribution in [0.15, 0.2) is 24.4 Å². The van der Waals surface area contributed by atoms with E-state index >= 15 is 0 Å². The number of nitrogens with two attached hydrogens (primary N) is 1. The fraction of sp³-hybridized carbons (Fsp3) is 0.273. The summed E-state index contributed by atoms with van der Waals surface area (Å²) in [6.45, 7) is 3.55. The number of benzene rings is 1. The van der Waals surface area contributed by atoms with Gasteiger partial charge in [0.1, 0.15) is 5.82 Å². The second kappa shape index (κ2) is 4.02. The van der Waals surface area contributed by atoms with E-state index in [2.05, 4.69) is 10.3 Å². The Balaban J connectivity index is 2.39. The Bertz CT molecular complexity index is 504. The Labute approximate surface area is 92.9 Å². The van der Waals surface area contributed by atoms with Crippen LogP contribution in [-0.4, -0.2) is 15.0 Å². The maximum atomic E-state index is 13.1. The zero-order valence-corrected chi connectivity index (χ0v) is 9.18. The van der Waals surface area contributed by atoms with Crippen molar-refractivity contribution in [1.82, 2.24) is 15.0 Å². The van der Waals surface area contributed by atoms with Gasteiger partial charge in [0.05, 0.1) is 17.6 Å². The van der Waals surface area contributed by atoms with Gasteiger partial charge < -0.3 is 5.73 Å². The van der Waals surface area contributed by atoms with Crippen molar-refractivity contribution in [3.63, 3.8) is 0 Å². The first-order valence-electron chi connectivity index (χ1n) is 5.02. The molecule has 0 aliphatic heterocycles. The monoisotopic (exact) mass is 220 g/mol. The predicted molar refractivity (Wildman–Crippen MR) is 58.7 cm³/mol. The van der Waals surface area contributed by atoms with Gasteiger partial charge in [0, 0.05) is 6.04 Å². The van der Waals surface area contributed by atoms with Crippen LogP contribution < -0.4 is 5.73 Å². The van der Waals surface area contributed by atoms with E-state index in [1.807, 2.05) is 6.92 Å². The predicted octanol–water partition coefficient (Wildman–Crippen LogP) is 1.73. The lowest BCUT2D eigenvalue weighted by molar-refractivity contribution is 0.617. The molecule has 16 heavy (non-hydrogen) atoms. The first kappa shape index (κ1) is 10.8. The maximum absolute atomic E-state index is 13.1. The van der Waals surface area contributed by atoms with Crippen LogP contribution in [0.25, 0.3) is 5.69 Å². The largest absolute Gasteiger partial charge is 0.323 e. The minimum absolute atomic E-state index is 0.157. The summed E-state index contributed by atoms with van der Waals surface area (Å²) < 4.78 is 14.7. The number of aryl methyl sites for hydroxylation is 1. The zero-order chi connectivity index (χ0) is 11.7. The van der Waals surface area contributed by atoms with Gasteiger partial charge >= 0.3 is 0 Å². The van der Waals surface area contributed by atoms with Crippen LogP contribution in [0.5, 0.6) is 0 Å².